The van der Waals surface area contributed by atoms with Crippen molar-refractivity contribution in [1.29, 1.82) is 0 Å². The van der Waals surface area contributed by atoms with E-state index in [4.69, 9.17) is 26.2 Å². The van der Waals surface area contributed by atoms with Crippen LogP contribution in [0.4, 0.5) is 0 Å². The van der Waals surface area contributed by atoms with E-state index in [2.05, 4.69) is 5.32 Å². The summed E-state index contributed by atoms with van der Waals surface area (Å²) in [4.78, 5) is 0. The van der Waals surface area contributed by atoms with Gasteiger partial charge in [0.1, 0.15) is 5.75 Å². The molecule has 19 heavy (non-hydrogen) atoms. The molecule has 2 N–H and O–H groups in total. The van der Waals surface area contributed by atoms with Crippen molar-refractivity contribution in [3.05, 3.63) is 28.8 Å². The maximum atomic E-state index is 8.55. The molecule has 1 rings (SSSR count). The molecule has 1 aromatic rings. The van der Waals surface area contributed by atoms with Crippen molar-refractivity contribution < 1.29 is 14.6 Å². The van der Waals surface area contributed by atoms with Gasteiger partial charge in [0.05, 0.1) is 26.4 Å². The molecule has 0 aliphatic rings. The fraction of sp³-hybridized carbons (Fsp3) is 0.538. The van der Waals surface area contributed by atoms with Gasteiger partial charge >= 0.3 is 0 Å². The van der Waals surface area contributed by atoms with Crippen LogP contribution in [0.15, 0.2) is 18.2 Å². The van der Waals surface area contributed by atoms with Gasteiger partial charge in [0, 0.05) is 23.7 Å². The number of benzene rings is 1. The fourth-order valence-corrected chi connectivity index (χ4v) is 1.71. The van der Waals surface area contributed by atoms with Crippen molar-refractivity contribution in [2.75, 3.05) is 33.0 Å². The van der Waals surface area contributed by atoms with Gasteiger partial charge < -0.3 is 19.9 Å². The van der Waals surface area contributed by atoms with E-state index in [1.54, 1.807) is 0 Å². The first-order chi connectivity index (χ1) is 8.77. The van der Waals surface area contributed by atoms with Gasteiger partial charge in [-0.3, -0.25) is 0 Å². The molecular formula is C13H21Cl2NO3. The highest BCUT2D eigenvalue weighted by molar-refractivity contribution is 6.30. The van der Waals surface area contributed by atoms with Crippen LogP contribution in [-0.2, 0) is 11.3 Å². The van der Waals surface area contributed by atoms with Crippen molar-refractivity contribution >= 4 is 24.0 Å². The van der Waals surface area contributed by atoms with Crippen LogP contribution in [0.1, 0.15) is 12.5 Å². The molecule has 0 saturated heterocycles. The Balaban J connectivity index is 0.00000324. The first-order valence-corrected chi connectivity index (χ1v) is 6.46. The second-order valence-corrected chi connectivity index (χ2v) is 4.13. The van der Waals surface area contributed by atoms with E-state index >= 15 is 0 Å². The number of halogens is 2. The van der Waals surface area contributed by atoms with E-state index < -0.39 is 0 Å². The van der Waals surface area contributed by atoms with Crippen LogP contribution in [0.25, 0.3) is 0 Å². The van der Waals surface area contributed by atoms with Crippen LogP contribution < -0.4 is 10.1 Å². The maximum Gasteiger partial charge on any atom is 0.123 e. The Kier molecular flexibility index (Phi) is 11.0. The summed E-state index contributed by atoms with van der Waals surface area (Å²) in [5.41, 5.74) is 1.03. The average molecular weight is 310 g/mol. The summed E-state index contributed by atoms with van der Waals surface area (Å²) >= 11 is 5.96. The molecule has 0 aliphatic carbocycles. The molecule has 6 heteroatoms. The summed E-state index contributed by atoms with van der Waals surface area (Å²) in [7, 11) is 0. The number of hydrogen-bond donors (Lipinski definition) is 2. The van der Waals surface area contributed by atoms with Crippen LogP contribution in [0, 0.1) is 0 Å². The molecule has 0 unspecified atom stereocenters. The second-order valence-electron chi connectivity index (χ2n) is 3.70. The van der Waals surface area contributed by atoms with Crippen molar-refractivity contribution in [2.24, 2.45) is 0 Å². The molecular weight excluding hydrogens is 289 g/mol. The SMILES string of the molecule is CCOc1ccc(Cl)cc1CNCCOCCO.Cl. The topological polar surface area (TPSA) is 50.7 Å². The molecule has 1 aromatic carbocycles. The minimum absolute atomic E-state index is 0. The van der Waals surface area contributed by atoms with Crippen LogP contribution in [0.5, 0.6) is 5.75 Å². The molecule has 0 atom stereocenters. The van der Waals surface area contributed by atoms with E-state index in [1.165, 1.54) is 0 Å². The molecule has 0 saturated carbocycles. The highest BCUT2D eigenvalue weighted by Crippen LogP contribution is 2.22. The number of hydrogen-bond acceptors (Lipinski definition) is 4. The maximum absolute atomic E-state index is 8.55. The lowest BCUT2D eigenvalue weighted by Gasteiger charge is -2.11. The van der Waals surface area contributed by atoms with Gasteiger partial charge in [-0.15, -0.1) is 12.4 Å². The lowest BCUT2D eigenvalue weighted by Crippen LogP contribution is -2.20. The standard InChI is InChI=1S/C13H20ClNO3.ClH/c1-2-18-13-4-3-12(14)9-11(13)10-15-5-7-17-8-6-16;/h3-4,9,15-16H,2,5-8,10H2,1H3;1H. The lowest BCUT2D eigenvalue weighted by molar-refractivity contribution is 0.0937. The first kappa shape index (κ1) is 18.5. The first-order valence-electron chi connectivity index (χ1n) is 6.08. The quantitative estimate of drug-likeness (QED) is 0.687. The van der Waals surface area contributed by atoms with Crippen molar-refractivity contribution in [3.63, 3.8) is 0 Å². The monoisotopic (exact) mass is 309 g/mol. The minimum Gasteiger partial charge on any atom is -0.494 e. The van der Waals surface area contributed by atoms with E-state index in [-0.39, 0.29) is 19.0 Å². The lowest BCUT2D eigenvalue weighted by atomic mass is 10.2. The van der Waals surface area contributed by atoms with Crippen LogP contribution >= 0.6 is 24.0 Å². The Bertz CT molecular complexity index is 351. The Labute approximate surface area is 125 Å². The smallest absolute Gasteiger partial charge is 0.123 e. The number of aliphatic hydroxyl groups excluding tert-OH is 1. The van der Waals surface area contributed by atoms with Crippen LogP contribution in [-0.4, -0.2) is 38.1 Å². The van der Waals surface area contributed by atoms with Gasteiger partial charge in [0.15, 0.2) is 0 Å². The van der Waals surface area contributed by atoms with E-state index in [1.807, 2.05) is 25.1 Å². The van der Waals surface area contributed by atoms with Crippen molar-refractivity contribution in [1.82, 2.24) is 5.32 Å². The molecule has 4 nitrogen and oxygen atoms in total. The van der Waals surface area contributed by atoms with Gasteiger partial charge in [0.2, 0.25) is 0 Å². The Morgan fingerprint density at radius 1 is 1.32 bits per heavy atom. The van der Waals surface area contributed by atoms with Crippen molar-refractivity contribution in [3.8, 4) is 5.75 Å². The molecule has 0 radical (unpaired) electrons. The van der Waals surface area contributed by atoms with Gasteiger partial charge in [-0.25, -0.2) is 0 Å². The molecule has 0 amide bonds. The van der Waals surface area contributed by atoms with E-state index in [0.29, 0.717) is 31.4 Å². The van der Waals surface area contributed by atoms with Gasteiger partial charge in [-0.05, 0) is 25.1 Å². The summed E-state index contributed by atoms with van der Waals surface area (Å²) in [6.45, 7) is 5.00. The zero-order valence-electron chi connectivity index (χ0n) is 11.0. The Morgan fingerprint density at radius 2 is 2.11 bits per heavy atom. The highest BCUT2D eigenvalue weighted by Gasteiger charge is 2.03. The number of rotatable bonds is 9. The highest BCUT2D eigenvalue weighted by atomic mass is 35.5. The second kappa shape index (κ2) is 11.3. The number of nitrogens with one attached hydrogen (secondary N) is 1. The molecule has 0 spiro atoms. The summed E-state index contributed by atoms with van der Waals surface area (Å²) in [5.74, 6) is 0.852. The molecule has 0 fully saturated rings. The molecule has 0 aliphatic heterocycles. The molecule has 0 bridgehead atoms. The molecule has 0 heterocycles. The third-order valence-electron chi connectivity index (χ3n) is 2.30. The number of aliphatic hydroxyl groups is 1. The third kappa shape index (κ3) is 7.60. The van der Waals surface area contributed by atoms with E-state index in [9.17, 15) is 0 Å². The number of ether oxygens (including phenoxy) is 2. The van der Waals surface area contributed by atoms with Crippen LogP contribution in [0.2, 0.25) is 5.02 Å². The molecule has 110 valence electrons. The third-order valence-corrected chi connectivity index (χ3v) is 2.53. The summed E-state index contributed by atoms with van der Waals surface area (Å²) < 4.78 is 10.7. The Hall–Kier alpha value is -0.520. The van der Waals surface area contributed by atoms with E-state index in [0.717, 1.165) is 17.9 Å². The Morgan fingerprint density at radius 3 is 2.79 bits per heavy atom. The van der Waals surface area contributed by atoms with Gasteiger partial charge in [-0.1, -0.05) is 11.6 Å². The van der Waals surface area contributed by atoms with Crippen LogP contribution in [0.3, 0.4) is 0 Å². The fourth-order valence-electron chi connectivity index (χ4n) is 1.52. The van der Waals surface area contributed by atoms with Crippen molar-refractivity contribution in [2.45, 2.75) is 13.5 Å². The summed E-state index contributed by atoms with van der Waals surface area (Å²) in [6, 6.07) is 5.60. The summed E-state index contributed by atoms with van der Waals surface area (Å²) in [5, 5.41) is 12.5. The predicted molar refractivity (Wildman–Crippen MR) is 79.5 cm³/mol. The zero-order valence-corrected chi connectivity index (χ0v) is 12.6. The predicted octanol–water partition coefficient (Wildman–Crippen LogP) is 2.26. The average Bonchev–Trinajstić information content (AvgIpc) is 2.37. The molecule has 0 aromatic heterocycles. The zero-order chi connectivity index (χ0) is 13.2. The van der Waals surface area contributed by atoms with Gasteiger partial charge in [0.25, 0.3) is 0 Å². The normalized spacial score (nSPS) is 10.1. The largest absolute Gasteiger partial charge is 0.494 e. The minimum atomic E-state index is 0. The summed E-state index contributed by atoms with van der Waals surface area (Å²) in [6.07, 6.45) is 0. The van der Waals surface area contributed by atoms with Gasteiger partial charge in [-0.2, -0.15) is 0 Å².